The maximum atomic E-state index is 12.9. The molecule has 0 unspecified atom stereocenters. The van der Waals surface area contributed by atoms with Crippen LogP contribution in [-0.2, 0) is 9.53 Å². The summed E-state index contributed by atoms with van der Waals surface area (Å²) in [5.41, 5.74) is 0.464. The lowest BCUT2D eigenvalue weighted by Crippen LogP contribution is -2.51. The molecule has 1 amide bonds. The number of hydrogen-bond donors (Lipinski definition) is 0. The molecule has 5 nitrogen and oxygen atoms in total. The molecule has 0 aromatic heterocycles. The van der Waals surface area contributed by atoms with Crippen molar-refractivity contribution in [2.45, 2.75) is 44.6 Å². The van der Waals surface area contributed by atoms with Gasteiger partial charge in [0.05, 0.1) is 17.0 Å². The highest BCUT2D eigenvalue weighted by atomic mass is 16.5. The van der Waals surface area contributed by atoms with Gasteiger partial charge in [-0.25, -0.2) is 0 Å². The normalized spacial score (nSPS) is 19.8. The van der Waals surface area contributed by atoms with E-state index >= 15 is 0 Å². The van der Waals surface area contributed by atoms with Crippen LogP contribution in [0.25, 0.3) is 0 Å². The van der Waals surface area contributed by atoms with Crippen LogP contribution in [0.1, 0.15) is 44.1 Å². The molecule has 2 fully saturated rings. The molecule has 0 atom stereocenters. The van der Waals surface area contributed by atoms with Gasteiger partial charge < -0.3 is 14.4 Å². The molecule has 1 heterocycles. The van der Waals surface area contributed by atoms with Crippen LogP contribution in [0.5, 0.6) is 5.75 Å². The summed E-state index contributed by atoms with van der Waals surface area (Å²) in [6.07, 6.45) is 5.82. The Morgan fingerprint density at radius 1 is 1.28 bits per heavy atom. The second kappa shape index (κ2) is 7.88. The molecule has 3 rings (SSSR count). The summed E-state index contributed by atoms with van der Waals surface area (Å²) in [7, 11) is 1.70. The van der Waals surface area contributed by atoms with Crippen molar-refractivity contribution in [2.24, 2.45) is 5.41 Å². The molecule has 1 aromatic rings. The maximum absolute atomic E-state index is 12.9. The van der Waals surface area contributed by atoms with E-state index in [9.17, 15) is 4.79 Å². The number of hydrogen-bond acceptors (Lipinski definition) is 4. The number of rotatable bonds is 6. The van der Waals surface area contributed by atoms with Crippen LogP contribution >= 0.6 is 0 Å². The number of likely N-dealkylation sites (tertiary alicyclic amines) is 1. The van der Waals surface area contributed by atoms with Crippen molar-refractivity contribution >= 4 is 5.91 Å². The minimum absolute atomic E-state index is 0.133. The molecule has 2 aliphatic rings. The van der Waals surface area contributed by atoms with Crippen LogP contribution in [0.15, 0.2) is 24.3 Å². The summed E-state index contributed by atoms with van der Waals surface area (Å²) in [5, 5.41) is 8.84. The van der Waals surface area contributed by atoms with Gasteiger partial charge in [0, 0.05) is 39.6 Å². The second-order valence-corrected chi connectivity index (χ2v) is 7.12. The summed E-state index contributed by atoms with van der Waals surface area (Å²) in [4.78, 5) is 15.0. The molecule has 0 bridgehead atoms. The fraction of sp³-hybridized carbons (Fsp3) is 0.600. The monoisotopic (exact) mass is 342 g/mol. The highest BCUT2D eigenvalue weighted by molar-refractivity contribution is 5.83. The lowest BCUT2D eigenvalue weighted by Gasteiger charge is -2.45. The largest absolute Gasteiger partial charge is 0.490 e. The molecule has 1 saturated heterocycles. The molecule has 0 N–H and O–H groups in total. The summed E-state index contributed by atoms with van der Waals surface area (Å²) in [6.45, 7) is 2.17. The predicted molar refractivity (Wildman–Crippen MR) is 94.2 cm³/mol. The average molecular weight is 342 g/mol. The first-order valence-electron chi connectivity index (χ1n) is 9.12. The minimum Gasteiger partial charge on any atom is -0.490 e. The molecule has 134 valence electrons. The molecule has 0 spiro atoms. The van der Waals surface area contributed by atoms with Crippen LogP contribution < -0.4 is 4.74 Å². The molecule has 1 aromatic carbocycles. The van der Waals surface area contributed by atoms with Crippen LogP contribution in [-0.4, -0.2) is 43.7 Å². The Labute approximate surface area is 149 Å². The number of methoxy groups -OCH3 is 1. The number of carbonyl (C=O) groups excluding carboxylic acids is 1. The van der Waals surface area contributed by atoms with Crippen LogP contribution in [0.2, 0.25) is 0 Å². The van der Waals surface area contributed by atoms with Crippen molar-refractivity contribution in [3.63, 3.8) is 0 Å². The predicted octanol–water partition coefficient (Wildman–Crippen LogP) is 3.13. The molecular formula is C20H26N2O3. The second-order valence-electron chi connectivity index (χ2n) is 7.12. The van der Waals surface area contributed by atoms with Crippen LogP contribution in [0.4, 0.5) is 0 Å². The fourth-order valence-electron chi connectivity index (χ4n) is 3.78. The molecule has 1 aliphatic heterocycles. The summed E-state index contributed by atoms with van der Waals surface area (Å²) < 4.78 is 11.2. The van der Waals surface area contributed by atoms with Crippen molar-refractivity contribution in [1.29, 1.82) is 5.26 Å². The molecule has 1 aliphatic carbocycles. The topological polar surface area (TPSA) is 62.6 Å². The molecule has 0 radical (unpaired) electrons. The zero-order valence-corrected chi connectivity index (χ0v) is 14.9. The first-order valence-corrected chi connectivity index (χ1v) is 9.12. The van der Waals surface area contributed by atoms with E-state index in [1.807, 2.05) is 17.0 Å². The lowest BCUT2D eigenvalue weighted by molar-refractivity contribution is -0.151. The quantitative estimate of drug-likeness (QED) is 0.797. The number of ether oxygens (including phenoxy) is 2. The number of benzene rings is 1. The van der Waals surface area contributed by atoms with Crippen LogP contribution in [0.3, 0.4) is 0 Å². The molecule has 5 heteroatoms. The van der Waals surface area contributed by atoms with E-state index < -0.39 is 0 Å². The van der Waals surface area contributed by atoms with Gasteiger partial charge in [-0.05, 0) is 43.5 Å². The van der Waals surface area contributed by atoms with Gasteiger partial charge in [-0.1, -0.05) is 6.42 Å². The molecule has 1 saturated carbocycles. The third-order valence-electron chi connectivity index (χ3n) is 5.56. The third-order valence-corrected chi connectivity index (χ3v) is 5.56. The number of carbonyl (C=O) groups is 1. The number of nitriles is 1. The van der Waals surface area contributed by atoms with Gasteiger partial charge in [-0.3, -0.25) is 4.79 Å². The molecule has 25 heavy (non-hydrogen) atoms. The molecular weight excluding hydrogens is 316 g/mol. The summed E-state index contributed by atoms with van der Waals surface area (Å²) >= 11 is 0. The van der Waals surface area contributed by atoms with Gasteiger partial charge in [0.1, 0.15) is 11.9 Å². The Balaban J connectivity index is 1.51. The van der Waals surface area contributed by atoms with Gasteiger partial charge in [0.25, 0.3) is 0 Å². The number of nitrogens with zero attached hydrogens (tertiary/aromatic N) is 2. The van der Waals surface area contributed by atoms with Crippen molar-refractivity contribution in [2.75, 3.05) is 26.8 Å². The Kier molecular flexibility index (Phi) is 5.60. The van der Waals surface area contributed by atoms with E-state index in [0.29, 0.717) is 18.1 Å². The zero-order valence-electron chi connectivity index (χ0n) is 14.9. The summed E-state index contributed by atoms with van der Waals surface area (Å²) in [5.74, 6) is 1.10. The number of amides is 1. The van der Waals surface area contributed by atoms with Gasteiger partial charge in [0.2, 0.25) is 5.91 Å². The Morgan fingerprint density at radius 3 is 2.48 bits per heavy atom. The van der Waals surface area contributed by atoms with E-state index in [1.165, 1.54) is 0 Å². The Hall–Kier alpha value is -2.06. The Bertz CT molecular complexity index is 623. The van der Waals surface area contributed by atoms with Gasteiger partial charge in [0.15, 0.2) is 0 Å². The zero-order chi connectivity index (χ0) is 17.7. The Morgan fingerprint density at radius 2 is 1.96 bits per heavy atom. The standard InChI is InChI=1S/C20H26N2O3/c1-24-14-11-20(9-2-10-20)19(23)22-12-7-18(8-13-22)25-17-5-3-16(15-21)4-6-17/h3-6,18H,2,7-14H2,1H3. The maximum Gasteiger partial charge on any atom is 0.228 e. The summed E-state index contributed by atoms with van der Waals surface area (Å²) in [6, 6.07) is 9.32. The van der Waals surface area contributed by atoms with Gasteiger partial charge in [-0.15, -0.1) is 0 Å². The van der Waals surface area contributed by atoms with Crippen molar-refractivity contribution in [3.05, 3.63) is 29.8 Å². The first kappa shape index (κ1) is 17.8. The van der Waals surface area contributed by atoms with E-state index in [4.69, 9.17) is 14.7 Å². The van der Waals surface area contributed by atoms with Crippen molar-refractivity contribution < 1.29 is 14.3 Å². The lowest BCUT2D eigenvalue weighted by atomic mass is 9.65. The van der Waals surface area contributed by atoms with Crippen molar-refractivity contribution in [3.8, 4) is 11.8 Å². The highest BCUT2D eigenvalue weighted by Crippen LogP contribution is 2.45. The van der Waals surface area contributed by atoms with E-state index in [2.05, 4.69) is 6.07 Å². The highest BCUT2D eigenvalue weighted by Gasteiger charge is 2.46. The third kappa shape index (κ3) is 3.96. The average Bonchev–Trinajstić information content (AvgIpc) is 2.62. The smallest absolute Gasteiger partial charge is 0.228 e. The van der Waals surface area contributed by atoms with E-state index in [-0.39, 0.29) is 11.5 Å². The SMILES string of the molecule is COCCC1(C(=O)N2CCC(Oc3ccc(C#N)cc3)CC2)CCC1. The minimum atomic E-state index is -0.170. The van der Waals surface area contributed by atoms with Crippen molar-refractivity contribution in [1.82, 2.24) is 4.90 Å². The van der Waals surface area contributed by atoms with Gasteiger partial charge >= 0.3 is 0 Å². The fourth-order valence-corrected chi connectivity index (χ4v) is 3.78. The number of piperidine rings is 1. The van der Waals surface area contributed by atoms with E-state index in [1.54, 1.807) is 19.2 Å². The first-order chi connectivity index (χ1) is 12.2. The van der Waals surface area contributed by atoms with E-state index in [0.717, 1.165) is 57.4 Å². The van der Waals surface area contributed by atoms with Gasteiger partial charge in [-0.2, -0.15) is 5.26 Å². The van der Waals surface area contributed by atoms with Crippen LogP contribution in [0, 0.1) is 16.7 Å².